The summed E-state index contributed by atoms with van der Waals surface area (Å²) in [5.41, 5.74) is 5.41. The summed E-state index contributed by atoms with van der Waals surface area (Å²) in [6.45, 7) is 1.60. The molecule has 5 rings (SSSR count). The number of pyridine rings is 1. The highest BCUT2D eigenvalue weighted by Gasteiger charge is 2.54. The van der Waals surface area contributed by atoms with Crippen LogP contribution in [-0.2, 0) is 24.0 Å². The lowest BCUT2D eigenvalue weighted by atomic mass is 10.0. The fraction of sp³-hybridized carbons (Fsp3) is 0.192. The van der Waals surface area contributed by atoms with Crippen LogP contribution in [0.15, 0.2) is 70.6 Å². The molecule has 2 amide bonds. The van der Waals surface area contributed by atoms with E-state index in [0.717, 1.165) is 28.4 Å². The molecule has 7 N–H and O–H groups in total. The summed E-state index contributed by atoms with van der Waals surface area (Å²) < 4.78 is 0. The Balaban J connectivity index is 0.000000628. The van der Waals surface area contributed by atoms with Gasteiger partial charge in [0.25, 0.3) is 11.8 Å². The molecule has 0 bridgehead atoms. The third-order valence-electron chi connectivity index (χ3n) is 5.97. The number of hydrogen-bond donors (Lipinski definition) is 6. The van der Waals surface area contributed by atoms with Crippen molar-refractivity contribution in [2.24, 2.45) is 5.16 Å². The number of carbonyl (C=O) groups excluding carboxylic acids is 2. The van der Waals surface area contributed by atoms with Crippen molar-refractivity contribution in [2.45, 2.75) is 24.4 Å². The third kappa shape index (κ3) is 6.84. The molecule has 1 aromatic carbocycles. The van der Waals surface area contributed by atoms with Gasteiger partial charge in [0.1, 0.15) is 22.8 Å². The number of aromatic nitrogens is 2. The standard InChI is InChI=1S/C21H19N5O9S2.C5H5N/c1-7-5-36-18-13(17(30)26(18)14(7)19(31)32)24-16(29)12(9-6-37-21(22)23-9)25-35-15(20(33)34)8-2-3-10(27)11(28)4-8;1-2-4-6-5-3-1/h2-4,6,13,15,18,27-28H,5H2,1H3,(H2,22,23)(H,24,29)(H,31,32)(H,33,34);1-5H/t13-,15+,18-;/m1./s1. The van der Waals surface area contributed by atoms with Gasteiger partial charge in [0, 0.05) is 29.1 Å². The number of phenolic OH excluding ortho intramolecular Hbond substituents is 2. The van der Waals surface area contributed by atoms with E-state index in [1.54, 1.807) is 19.3 Å². The number of thioether (sulfide) groups is 1. The van der Waals surface area contributed by atoms with E-state index in [2.05, 4.69) is 20.4 Å². The van der Waals surface area contributed by atoms with Gasteiger partial charge in [-0.15, -0.1) is 23.1 Å². The van der Waals surface area contributed by atoms with Crippen molar-refractivity contribution in [3.63, 3.8) is 0 Å². The molecule has 43 heavy (non-hydrogen) atoms. The largest absolute Gasteiger partial charge is 0.504 e. The van der Waals surface area contributed by atoms with Crippen LogP contribution in [0.25, 0.3) is 0 Å². The first-order valence-electron chi connectivity index (χ1n) is 12.2. The van der Waals surface area contributed by atoms with Crippen LogP contribution < -0.4 is 11.1 Å². The summed E-state index contributed by atoms with van der Waals surface area (Å²) >= 11 is 2.25. The number of hydrogen-bond acceptors (Lipinski definition) is 13. The Labute approximate surface area is 251 Å². The van der Waals surface area contributed by atoms with Gasteiger partial charge < -0.3 is 36.3 Å². The Morgan fingerprint density at radius 3 is 2.42 bits per heavy atom. The molecule has 224 valence electrons. The lowest BCUT2D eigenvalue weighted by Gasteiger charge is -2.49. The molecule has 1 fully saturated rings. The van der Waals surface area contributed by atoms with E-state index in [0.29, 0.717) is 11.3 Å². The van der Waals surface area contributed by atoms with Crippen LogP contribution in [0, 0.1) is 0 Å². The van der Waals surface area contributed by atoms with Crippen molar-refractivity contribution in [3.05, 3.63) is 76.7 Å². The summed E-state index contributed by atoms with van der Waals surface area (Å²) in [4.78, 5) is 63.3. The van der Waals surface area contributed by atoms with Crippen LogP contribution in [-0.4, -0.2) is 81.9 Å². The summed E-state index contributed by atoms with van der Waals surface area (Å²) in [5, 5.41) is 45.2. The number of nitrogen functional groups attached to an aromatic ring is 1. The Hall–Kier alpha value is -5.16. The van der Waals surface area contributed by atoms with E-state index >= 15 is 0 Å². The summed E-state index contributed by atoms with van der Waals surface area (Å²) in [6, 6.07) is 7.83. The fourth-order valence-electron chi connectivity index (χ4n) is 3.96. The monoisotopic (exact) mass is 628 g/mol. The molecular formula is C26H24N6O9S2. The van der Waals surface area contributed by atoms with Gasteiger partial charge in [-0.05, 0) is 36.8 Å². The third-order valence-corrected chi connectivity index (χ3v) is 8.07. The second-order valence-electron chi connectivity index (χ2n) is 8.90. The van der Waals surface area contributed by atoms with E-state index in [9.17, 15) is 39.6 Å². The van der Waals surface area contributed by atoms with E-state index in [-0.39, 0.29) is 22.1 Å². The van der Waals surface area contributed by atoms with Crippen molar-refractivity contribution >= 4 is 57.7 Å². The first kappa shape index (κ1) is 30.8. The Bertz CT molecular complexity index is 1580. The Morgan fingerprint density at radius 1 is 1.16 bits per heavy atom. The minimum atomic E-state index is -1.79. The van der Waals surface area contributed by atoms with E-state index in [1.807, 2.05) is 18.2 Å². The predicted molar refractivity (Wildman–Crippen MR) is 154 cm³/mol. The lowest BCUT2D eigenvalue weighted by molar-refractivity contribution is -0.151. The van der Waals surface area contributed by atoms with Gasteiger partial charge in [-0.25, -0.2) is 14.6 Å². The number of rotatable bonds is 8. The number of oxime groups is 1. The topological polar surface area (TPSA) is 238 Å². The number of carboxylic acid groups (broad SMARTS) is 2. The number of nitrogens with two attached hydrogens (primary N) is 1. The molecule has 2 aromatic heterocycles. The number of phenols is 2. The molecule has 4 heterocycles. The summed E-state index contributed by atoms with van der Waals surface area (Å²) in [6.07, 6.45) is 1.71. The number of aliphatic carboxylic acids is 2. The maximum Gasteiger partial charge on any atom is 0.352 e. The number of carbonyl (C=O) groups is 4. The lowest BCUT2D eigenvalue weighted by Crippen LogP contribution is -2.71. The second-order valence-corrected chi connectivity index (χ2v) is 10.9. The average Bonchev–Trinajstić information content (AvgIpc) is 3.41. The van der Waals surface area contributed by atoms with Crippen LogP contribution in [0.5, 0.6) is 11.5 Å². The van der Waals surface area contributed by atoms with E-state index in [1.165, 1.54) is 23.2 Å². The number of aromatic hydroxyl groups is 2. The average molecular weight is 629 g/mol. The maximum absolute atomic E-state index is 13.1. The minimum absolute atomic E-state index is 0.0559. The smallest absolute Gasteiger partial charge is 0.352 e. The number of β-lactam (4-membered cyclic amide) rings is 1. The molecule has 3 aromatic rings. The molecule has 0 saturated carbocycles. The fourth-order valence-corrected chi connectivity index (χ4v) is 5.80. The number of amides is 2. The van der Waals surface area contributed by atoms with Crippen LogP contribution in [0.4, 0.5) is 5.13 Å². The second kappa shape index (κ2) is 13.2. The predicted octanol–water partition coefficient (Wildman–Crippen LogP) is 1.52. The molecule has 0 radical (unpaired) electrons. The van der Waals surface area contributed by atoms with Crippen molar-refractivity contribution in [3.8, 4) is 11.5 Å². The van der Waals surface area contributed by atoms with Gasteiger partial charge in [-0.1, -0.05) is 17.3 Å². The maximum atomic E-state index is 13.1. The number of nitrogens with one attached hydrogen (secondary N) is 1. The SMILES string of the molecule is CC1=C(C(=O)O)N2C(=O)[C@@H](NC(=O)C(=NO[C@H](C(=O)O)c3ccc(O)c(O)c3)c3csc(N)n3)[C@H]2SC1.c1ccncc1. The molecule has 3 atom stereocenters. The highest BCUT2D eigenvalue weighted by atomic mass is 32.2. The van der Waals surface area contributed by atoms with Crippen LogP contribution in [0.1, 0.15) is 24.3 Å². The van der Waals surface area contributed by atoms with Gasteiger partial charge in [0.05, 0.1) is 0 Å². The van der Waals surface area contributed by atoms with Crippen molar-refractivity contribution < 1.29 is 44.4 Å². The minimum Gasteiger partial charge on any atom is -0.504 e. The van der Waals surface area contributed by atoms with Gasteiger partial charge >= 0.3 is 11.9 Å². The number of anilines is 1. The van der Waals surface area contributed by atoms with Crippen molar-refractivity contribution in [1.29, 1.82) is 0 Å². The van der Waals surface area contributed by atoms with Crippen LogP contribution >= 0.6 is 23.1 Å². The molecule has 1 saturated heterocycles. The van der Waals surface area contributed by atoms with Crippen molar-refractivity contribution in [1.82, 2.24) is 20.2 Å². The normalized spacial score (nSPS) is 18.4. The first-order chi connectivity index (χ1) is 20.5. The molecule has 2 aliphatic heterocycles. The van der Waals surface area contributed by atoms with Crippen LogP contribution in [0.3, 0.4) is 0 Å². The Kier molecular flexibility index (Phi) is 9.46. The summed E-state index contributed by atoms with van der Waals surface area (Å²) in [5.74, 6) is -5.08. The van der Waals surface area contributed by atoms with Gasteiger partial charge in [-0.2, -0.15) is 0 Å². The van der Waals surface area contributed by atoms with Gasteiger partial charge in [0.15, 0.2) is 22.3 Å². The van der Waals surface area contributed by atoms with E-state index < -0.39 is 58.5 Å². The Morgan fingerprint density at radius 2 is 1.88 bits per heavy atom. The molecule has 2 aliphatic rings. The zero-order valence-corrected chi connectivity index (χ0v) is 23.8. The number of carboxylic acids is 2. The highest BCUT2D eigenvalue weighted by Crippen LogP contribution is 2.40. The quantitative estimate of drug-likeness (QED) is 0.0899. The van der Waals surface area contributed by atoms with E-state index in [4.69, 9.17) is 10.6 Å². The number of nitrogens with zero attached hydrogens (tertiary/aromatic N) is 4. The highest BCUT2D eigenvalue weighted by molar-refractivity contribution is 8.00. The first-order valence-corrected chi connectivity index (χ1v) is 14.2. The number of fused-ring (bicyclic) bond motifs is 1. The molecule has 15 nitrogen and oxygen atoms in total. The van der Waals surface area contributed by atoms with Crippen molar-refractivity contribution in [2.75, 3.05) is 11.5 Å². The molecule has 17 heteroatoms. The van der Waals surface area contributed by atoms with Gasteiger partial charge in [-0.3, -0.25) is 19.5 Å². The molecule has 0 aliphatic carbocycles. The zero-order chi connectivity index (χ0) is 31.3. The number of benzene rings is 1. The molecule has 0 spiro atoms. The summed E-state index contributed by atoms with van der Waals surface area (Å²) in [7, 11) is 0. The molecular weight excluding hydrogens is 604 g/mol. The molecule has 0 unspecified atom stereocenters. The number of thiazole rings is 1. The van der Waals surface area contributed by atoms with Crippen LogP contribution in [0.2, 0.25) is 0 Å². The van der Waals surface area contributed by atoms with Gasteiger partial charge in [0.2, 0.25) is 6.10 Å². The zero-order valence-electron chi connectivity index (χ0n) is 22.1.